The number of carbonyl (C=O) groups is 2. The van der Waals surface area contributed by atoms with Crippen molar-refractivity contribution < 1.29 is 28.2 Å². The van der Waals surface area contributed by atoms with Crippen LogP contribution in [-0.4, -0.2) is 59.3 Å². The SMILES string of the molecule is COC[C@@H]1CC[C@H]2N(C)C(=O)c3c(O)c(=O)c(C(=O)CCc4ccc(F)cc4F)cn3N12. The number of Topliss-reactive ketones (excluding diaryl/α,β-unsaturated/α-hetero) is 1. The van der Waals surface area contributed by atoms with Crippen molar-refractivity contribution in [2.75, 3.05) is 25.8 Å². The van der Waals surface area contributed by atoms with Crippen LogP contribution in [0.1, 0.15) is 45.7 Å². The number of amides is 1. The maximum Gasteiger partial charge on any atom is 0.277 e. The van der Waals surface area contributed by atoms with E-state index in [9.17, 15) is 28.3 Å². The Bertz CT molecular complexity index is 1150. The maximum absolute atomic E-state index is 13.9. The van der Waals surface area contributed by atoms with E-state index < -0.39 is 34.5 Å². The average molecular weight is 447 g/mol. The number of aromatic nitrogens is 1. The fraction of sp³-hybridized carbons (Fsp3) is 0.409. The van der Waals surface area contributed by atoms with E-state index in [2.05, 4.69) is 0 Å². The summed E-state index contributed by atoms with van der Waals surface area (Å²) in [6.45, 7) is 0.359. The van der Waals surface area contributed by atoms with Crippen LogP contribution < -0.4 is 10.4 Å². The van der Waals surface area contributed by atoms with Crippen molar-refractivity contribution in [3.05, 3.63) is 63.1 Å². The number of benzene rings is 1. The molecule has 0 aliphatic carbocycles. The molecule has 1 fully saturated rings. The number of rotatable bonds is 6. The monoisotopic (exact) mass is 447 g/mol. The standard InChI is InChI=1S/C22H23F2N3O5/c1-25-18-8-6-14(11-32-2)27(18)26-10-15(20(29)21(30)19(26)22(25)31)17(28)7-4-12-3-5-13(23)9-16(12)24/h3,5,9-10,14,18,30H,4,6-8,11H2,1-2H3/t14-,18-/m0/s1. The largest absolute Gasteiger partial charge is 0.502 e. The average Bonchev–Trinajstić information content (AvgIpc) is 3.17. The summed E-state index contributed by atoms with van der Waals surface area (Å²) >= 11 is 0. The van der Waals surface area contributed by atoms with Gasteiger partial charge >= 0.3 is 0 Å². The lowest BCUT2D eigenvalue weighted by Gasteiger charge is -2.43. The van der Waals surface area contributed by atoms with Crippen molar-refractivity contribution in [3.63, 3.8) is 0 Å². The fourth-order valence-electron chi connectivity index (χ4n) is 4.47. The summed E-state index contributed by atoms with van der Waals surface area (Å²) in [5.74, 6) is -3.45. The molecule has 0 spiro atoms. The highest BCUT2D eigenvalue weighted by Crippen LogP contribution is 2.32. The number of hydrogen-bond donors (Lipinski definition) is 1. The molecule has 1 aromatic heterocycles. The van der Waals surface area contributed by atoms with Gasteiger partial charge in [-0.2, -0.15) is 0 Å². The molecular formula is C22H23F2N3O5. The Hall–Kier alpha value is -3.27. The van der Waals surface area contributed by atoms with Crippen LogP contribution in [0.5, 0.6) is 5.75 Å². The summed E-state index contributed by atoms with van der Waals surface area (Å²) in [4.78, 5) is 39.9. The van der Waals surface area contributed by atoms with Gasteiger partial charge < -0.3 is 14.7 Å². The van der Waals surface area contributed by atoms with Gasteiger partial charge in [0.05, 0.1) is 18.2 Å². The third-order valence-corrected chi connectivity index (χ3v) is 6.12. The second-order valence-electron chi connectivity index (χ2n) is 8.04. The summed E-state index contributed by atoms with van der Waals surface area (Å²) in [5, 5.41) is 12.4. The minimum absolute atomic E-state index is 0.0484. The molecule has 8 nitrogen and oxygen atoms in total. The smallest absolute Gasteiger partial charge is 0.277 e. The van der Waals surface area contributed by atoms with Crippen LogP contribution in [-0.2, 0) is 11.2 Å². The predicted molar refractivity (Wildman–Crippen MR) is 110 cm³/mol. The molecule has 10 heteroatoms. The van der Waals surface area contributed by atoms with Crippen LogP contribution in [0, 0.1) is 11.6 Å². The van der Waals surface area contributed by atoms with Gasteiger partial charge in [-0.3, -0.25) is 24.1 Å². The van der Waals surface area contributed by atoms with Crippen LogP contribution in [0.3, 0.4) is 0 Å². The van der Waals surface area contributed by atoms with Crippen molar-refractivity contribution in [2.45, 2.75) is 37.9 Å². The molecule has 4 rings (SSSR count). The fourth-order valence-corrected chi connectivity index (χ4v) is 4.47. The second kappa shape index (κ2) is 8.34. The van der Waals surface area contributed by atoms with Gasteiger partial charge in [0.2, 0.25) is 5.43 Å². The molecular weight excluding hydrogens is 424 g/mol. The topological polar surface area (TPSA) is 92.1 Å². The first-order valence-electron chi connectivity index (χ1n) is 10.2. The molecule has 2 aliphatic rings. The van der Waals surface area contributed by atoms with Crippen molar-refractivity contribution in [3.8, 4) is 5.75 Å². The number of nitrogens with zero attached hydrogens (tertiary/aromatic N) is 3. The summed E-state index contributed by atoms with van der Waals surface area (Å²) in [6.07, 6.45) is 2.06. The van der Waals surface area contributed by atoms with Gasteiger partial charge in [0.25, 0.3) is 5.91 Å². The third-order valence-electron chi connectivity index (χ3n) is 6.12. The van der Waals surface area contributed by atoms with E-state index >= 15 is 0 Å². The van der Waals surface area contributed by atoms with E-state index in [1.54, 1.807) is 14.2 Å². The van der Waals surface area contributed by atoms with Gasteiger partial charge in [-0.1, -0.05) is 6.07 Å². The number of halogens is 2. The molecule has 1 aromatic carbocycles. The Balaban J connectivity index is 1.70. The summed E-state index contributed by atoms with van der Waals surface area (Å²) in [7, 11) is 3.15. The van der Waals surface area contributed by atoms with E-state index in [4.69, 9.17) is 4.74 Å². The Morgan fingerprint density at radius 3 is 2.69 bits per heavy atom. The molecule has 1 N–H and O–H groups in total. The Morgan fingerprint density at radius 1 is 1.25 bits per heavy atom. The summed E-state index contributed by atoms with van der Waals surface area (Å²) < 4.78 is 33.7. The molecule has 0 bridgehead atoms. The number of pyridine rings is 1. The highest BCUT2D eigenvalue weighted by molar-refractivity contribution is 6.00. The van der Waals surface area contributed by atoms with Gasteiger partial charge in [0, 0.05) is 32.8 Å². The van der Waals surface area contributed by atoms with E-state index in [-0.39, 0.29) is 41.9 Å². The number of aromatic hydroxyl groups is 1. The Labute approximate surface area is 182 Å². The number of aryl methyl sites for hydroxylation is 1. The van der Waals surface area contributed by atoms with Crippen molar-refractivity contribution in [1.82, 2.24) is 9.58 Å². The van der Waals surface area contributed by atoms with Crippen molar-refractivity contribution in [1.29, 1.82) is 0 Å². The van der Waals surface area contributed by atoms with E-state index in [1.807, 2.05) is 5.01 Å². The number of carbonyl (C=O) groups excluding carboxylic acids is 2. The zero-order valence-corrected chi connectivity index (χ0v) is 17.7. The number of fused-ring (bicyclic) bond motifs is 3. The van der Waals surface area contributed by atoms with Gasteiger partial charge in [0.15, 0.2) is 17.2 Å². The number of ether oxygens (including phenoxy) is 1. The van der Waals surface area contributed by atoms with Crippen LogP contribution in [0.25, 0.3) is 0 Å². The van der Waals surface area contributed by atoms with Gasteiger partial charge in [-0.05, 0) is 30.9 Å². The van der Waals surface area contributed by atoms with Crippen molar-refractivity contribution in [2.24, 2.45) is 0 Å². The lowest BCUT2D eigenvalue weighted by molar-refractivity contribution is 0.0634. The molecule has 32 heavy (non-hydrogen) atoms. The van der Waals surface area contributed by atoms with E-state index in [0.29, 0.717) is 13.0 Å². The van der Waals surface area contributed by atoms with Gasteiger partial charge in [-0.25, -0.2) is 8.78 Å². The van der Waals surface area contributed by atoms with Crippen LogP contribution in [0.2, 0.25) is 0 Å². The highest BCUT2D eigenvalue weighted by atomic mass is 19.1. The molecule has 0 saturated carbocycles. The number of ketones is 1. The molecule has 2 aromatic rings. The van der Waals surface area contributed by atoms with E-state index in [1.165, 1.54) is 21.8 Å². The quantitative estimate of drug-likeness (QED) is 0.679. The van der Waals surface area contributed by atoms with E-state index in [0.717, 1.165) is 18.6 Å². The molecule has 2 atom stereocenters. The van der Waals surface area contributed by atoms with Gasteiger partial charge in [-0.15, -0.1) is 0 Å². The normalized spacial score (nSPS) is 19.8. The molecule has 3 heterocycles. The highest BCUT2D eigenvalue weighted by Gasteiger charge is 2.45. The number of methoxy groups -OCH3 is 1. The first kappa shape index (κ1) is 21.9. The van der Waals surface area contributed by atoms with Crippen LogP contribution >= 0.6 is 0 Å². The molecule has 1 amide bonds. The zero-order chi connectivity index (χ0) is 23.2. The minimum atomic E-state index is -0.955. The molecule has 1 saturated heterocycles. The Morgan fingerprint density at radius 2 is 2.00 bits per heavy atom. The second-order valence-corrected chi connectivity index (χ2v) is 8.04. The van der Waals surface area contributed by atoms with Crippen molar-refractivity contribution >= 4 is 11.7 Å². The number of hydrogen-bond acceptors (Lipinski definition) is 6. The minimum Gasteiger partial charge on any atom is -0.502 e. The molecule has 0 radical (unpaired) electrons. The maximum atomic E-state index is 13.9. The van der Waals surface area contributed by atoms with Gasteiger partial charge in [0.1, 0.15) is 17.8 Å². The summed E-state index contributed by atoms with van der Waals surface area (Å²) in [5.41, 5.74) is -1.33. The lowest BCUT2D eigenvalue weighted by atomic mass is 10.0. The summed E-state index contributed by atoms with van der Waals surface area (Å²) in [6, 6.07) is 2.94. The van der Waals surface area contributed by atoms with Crippen LogP contribution in [0.15, 0.2) is 29.2 Å². The molecule has 0 unspecified atom stereocenters. The van der Waals surface area contributed by atoms with Crippen LogP contribution in [0.4, 0.5) is 8.78 Å². The first-order chi connectivity index (χ1) is 15.2. The first-order valence-corrected chi connectivity index (χ1v) is 10.2. The Kier molecular flexibility index (Phi) is 5.72. The predicted octanol–water partition coefficient (Wildman–Crippen LogP) is 1.81. The molecule has 170 valence electrons. The molecule has 2 aliphatic heterocycles. The third kappa shape index (κ3) is 3.54. The lowest BCUT2D eigenvalue weighted by Crippen LogP contribution is -2.60. The zero-order valence-electron chi connectivity index (χ0n) is 17.7.